The summed E-state index contributed by atoms with van der Waals surface area (Å²) in [6.07, 6.45) is 3.67. The van der Waals surface area contributed by atoms with E-state index in [1.165, 1.54) is 0 Å². The van der Waals surface area contributed by atoms with Crippen molar-refractivity contribution in [1.29, 1.82) is 0 Å². The van der Waals surface area contributed by atoms with Crippen molar-refractivity contribution in [1.82, 2.24) is 0 Å². The van der Waals surface area contributed by atoms with E-state index >= 15 is 0 Å². The molecule has 2 unspecified atom stereocenters. The third kappa shape index (κ3) is 2.39. The van der Waals surface area contributed by atoms with E-state index in [0.717, 1.165) is 12.1 Å². The normalized spacial score (nSPS) is 26.4. The number of halogens is 4. The van der Waals surface area contributed by atoms with Crippen LogP contribution >= 0.6 is 15.9 Å². The van der Waals surface area contributed by atoms with E-state index in [1.807, 2.05) is 0 Å². The van der Waals surface area contributed by atoms with Crippen LogP contribution in [0.25, 0.3) is 0 Å². The SMILES string of the molecule is O=[N+]([O-])C1(Br)CC=CCC1c1cc(F)c(F)c(F)c1. The lowest BCUT2D eigenvalue weighted by atomic mass is 9.83. The van der Waals surface area contributed by atoms with Crippen LogP contribution in [0.5, 0.6) is 0 Å². The van der Waals surface area contributed by atoms with E-state index in [1.54, 1.807) is 12.2 Å². The molecule has 0 N–H and O–H groups in total. The number of rotatable bonds is 2. The van der Waals surface area contributed by atoms with Crippen molar-refractivity contribution in [3.63, 3.8) is 0 Å². The maximum absolute atomic E-state index is 13.2. The molecular weight excluding hydrogens is 327 g/mol. The lowest BCUT2D eigenvalue weighted by Crippen LogP contribution is -2.39. The molecule has 2 atom stereocenters. The minimum Gasteiger partial charge on any atom is -0.263 e. The predicted octanol–water partition coefficient (Wildman–Crippen LogP) is 3.91. The van der Waals surface area contributed by atoms with Crippen molar-refractivity contribution in [3.8, 4) is 0 Å². The third-order valence-corrected chi connectivity index (χ3v) is 4.35. The molecule has 2 rings (SSSR count). The van der Waals surface area contributed by atoms with Gasteiger partial charge in [-0.2, -0.15) is 0 Å². The Morgan fingerprint density at radius 3 is 2.37 bits per heavy atom. The standard InChI is InChI=1S/C12H9BrF3NO2/c13-12(17(18)19)4-2-1-3-8(12)7-5-9(14)11(16)10(15)6-7/h1-2,5-6,8H,3-4H2. The zero-order valence-corrected chi connectivity index (χ0v) is 11.2. The van der Waals surface area contributed by atoms with Crippen LogP contribution in [-0.2, 0) is 0 Å². The molecule has 0 fully saturated rings. The van der Waals surface area contributed by atoms with Gasteiger partial charge >= 0.3 is 0 Å². The Balaban J connectivity index is 2.50. The molecule has 0 amide bonds. The summed E-state index contributed by atoms with van der Waals surface area (Å²) in [6, 6.07) is 1.61. The molecule has 102 valence electrons. The lowest BCUT2D eigenvalue weighted by molar-refractivity contribution is -0.539. The average molecular weight is 336 g/mol. The van der Waals surface area contributed by atoms with Gasteiger partial charge in [0.15, 0.2) is 17.5 Å². The predicted molar refractivity (Wildman–Crippen MR) is 66.1 cm³/mol. The van der Waals surface area contributed by atoms with Crippen molar-refractivity contribution in [2.75, 3.05) is 0 Å². The van der Waals surface area contributed by atoms with E-state index in [-0.39, 0.29) is 18.4 Å². The summed E-state index contributed by atoms with van der Waals surface area (Å²) in [6.45, 7) is 0. The molecule has 1 aromatic rings. The molecule has 7 heteroatoms. The summed E-state index contributed by atoms with van der Waals surface area (Å²) in [5.74, 6) is -5.03. The fourth-order valence-corrected chi connectivity index (χ4v) is 2.81. The van der Waals surface area contributed by atoms with Crippen LogP contribution in [0.15, 0.2) is 24.3 Å². The van der Waals surface area contributed by atoms with Crippen LogP contribution < -0.4 is 0 Å². The highest BCUT2D eigenvalue weighted by atomic mass is 79.9. The second kappa shape index (κ2) is 4.96. The molecule has 0 radical (unpaired) electrons. The Hall–Kier alpha value is -1.37. The summed E-state index contributed by atoms with van der Waals surface area (Å²) in [5, 5.41) is 11.2. The number of allylic oxidation sites excluding steroid dienone is 1. The van der Waals surface area contributed by atoms with Gasteiger partial charge in [-0.25, -0.2) is 13.2 Å². The van der Waals surface area contributed by atoms with Gasteiger partial charge in [-0.05, 0) is 24.1 Å². The Kier molecular flexibility index (Phi) is 3.66. The van der Waals surface area contributed by atoms with Gasteiger partial charge in [-0.3, -0.25) is 10.1 Å². The van der Waals surface area contributed by atoms with E-state index in [9.17, 15) is 23.3 Å². The van der Waals surface area contributed by atoms with Crippen molar-refractivity contribution in [3.05, 3.63) is 57.4 Å². The zero-order valence-electron chi connectivity index (χ0n) is 9.58. The second-order valence-electron chi connectivity index (χ2n) is 4.34. The summed E-state index contributed by atoms with van der Waals surface area (Å²) < 4.78 is 37.8. The third-order valence-electron chi connectivity index (χ3n) is 3.19. The van der Waals surface area contributed by atoms with Crippen molar-refractivity contribution in [2.24, 2.45) is 0 Å². The molecular formula is C12H9BrF3NO2. The van der Waals surface area contributed by atoms with E-state index in [4.69, 9.17) is 0 Å². The summed E-state index contributed by atoms with van der Waals surface area (Å²) in [5.41, 5.74) is 0.0642. The number of nitro groups is 1. The molecule has 0 aromatic heterocycles. The molecule has 0 heterocycles. The largest absolute Gasteiger partial charge is 0.285 e. The first kappa shape index (κ1) is 14.0. The van der Waals surface area contributed by atoms with Gasteiger partial charge in [0.05, 0.1) is 5.92 Å². The fraction of sp³-hybridized carbons (Fsp3) is 0.333. The first-order valence-electron chi connectivity index (χ1n) is 5.49. The number of nitrogens with zero attached hydrogens (tertiary/aromatic N) is 1. The van der Waals surface area contributed by atoms with E-state index in [2.05, 4.69) is 15.9 Å². The first-order valence-corrected chi connectivity index (χ1v) is 6.28. The van der Waals surface area contributed by atoms with Crippen LogP contribution in [-0.4, -0.2) is 9.37 Å². The Bertz CT molecular complexity index is 541. The maximum Gasteiger partial charge on any atom is 0.285 e. The van der Waals surface area contributed by atoms with Crippen LogP contribution in [0.3, 0.4) is 0 Å². The Labute approximate surface area is 115 Å². The van der Waals surface area contributed by atoms with E-state index < -0.39 is 32.7 Å². The average Bonchev–Trinajstić information content (AvgIpc) is 2.35. The van der Waals surface area contributed by atoms with Gasteiger partial charge in [0.2, 0.25) is 0 Å². The first-order chi connectivity index (χ1) is 8.86. The molecule has 1 aliphatic carbocycles. The lowest BCUT2D eigenvalue weighted by Gasteiger charge is -2.29. The smallest absolute Gasteiger partial charge is 0.263 e. The molecule has 0 saturated heterocycles. The molecule has 1 aromatic carbocycles. The molecule has 0 bridgehead atoms. The summed E-state index contributed by atoms with van der Waals surface area (Å²) in [4.78, 5) is 10.6. The number of hydrogen-bond acceptors (Lipinski definition) is 2. The highest BCUT2D eigenvalue weighted by Crippen LogP contribution is 2.44. The Morgan fingerprint density at radius 1 is 1.26 bits per heavy atom. The number of benzene rings is 1. The van der Waals surface area contributed by atoms with Crippen LogP contribution in [0.2, 0.25) is 0 Å². The van der Waals surface area contributed by atoms with Gasteiger partial charge in [0, 0.05) is 27.3 Å². The summed E-state index contributed by atoms with van der Waals surface area (Å²) in [7, 11) is 0. The topological polar surface area (TPSA) is 43.1 Å². The minimum atomic E-state index is -1.57. The van der Waals surface area contributed by atoms with Gasteiger partial charge in [0.1, 0.15) is 0 Å². The quantitative estimate of drug-likeness (QED) is 0.205. The number of alkyl halides is 1. The minimum absolute atomic E-state index is 0.0642. The monoisotopic (exact) mass is 335 g/mol. The molecule has 19 heavy (non-hydrogen) atoms. The molecule has 1 aliphatic rings. The van der Waals surface area contributed by atoms with Crippen LogP contribution in [0.1, 0.15) is 24.3 Å². The molecule has 0 saturated carbocycles. The number of hydrogen-bond donors (Lipinski definition) is 0. The van der Waals surface area contributed by atoms with Gasteiger partial charge in [-0.15, -0.1) is 0 Å². The summed E-state index contributed by atoms with van der Waals surface area (Å²) >= 11 is 3.04. The molecule has 0 spiro atoms. The highest BCUT2D eigenvalue weighted by Gasteiger charge is 2.49. The maximum atomic E-state index is 13.2. The van der Waals surface area contributed by atoms with Gasteiger partial charge in [0.25, 0.3) is 4.45 Å². The van der Waals surface area contributed by atoms with E-state index in [0.29, 0.717) is 0 Å². The second-order valence-corrected chi connectivity index (χ2v) is 5.71. The van der Waals surface area contributed by atoms with Crippen molar-refractivity contribution < 1.29 is 18.1 Å². The Morgan fingerprint density at radius 2 is 1.84 bits per heavy atom. The van der Waals surface area contributed by atoms with Crippen LogP contribution in [0.4, 0.5) is 13.2 Å². The fourth-order valence-electron chi connectivity index (χ4n) is 2.17. The zero-order chi connectivity index (χ0) is 14.2. The molecule has 0 aliphatic heterocycles. The van der Waals surface area contributed by atoms with Gasteiger partial charge in [-0.1, -0.05) is 12.2 Å². The molecule has 3 nitrogen and oxygen atoms in total. The van der Waals surface area contributed by atoms with Crippen LogP contribution in [0, 0.1) is 27.6 Å². The highest BCUT2D eigenvalue weighted by molar-refractivity contribution is 9.10. The van der Waals surface area contributed by atoms with Gasteiger partial charge < -0.3 is 0 Å². The van der Waals surface area contributed by atoms with Crippen molar-refractivity contribution in [2.45, 2.75) is 23.2 Å². The van der Waals surface area contributed by atoms with Crippen molar-refractivity contribution >= 4 is 15.9 Å².